The number of methoxy groups -OCH3 is 1. The molecule has 0 aliphatic heterocycles. The molecule has 1 aromatic heterocycles. The number of hydrogen-bond donors (Lipinski definition) is 0. The van der Waals surface area contributed by atoms with E-state index in [1.54, 1.807) is 7.05 Å². The zero-order chi connectivity index (χ0) is 17.0. The number of hydrogen-bond acceptors (Lipinski definition) is 4. The van der Waals surface area contributed by atoms with Crippen LogP contribution in [0.25, 0.3) is 0 Å². The molecule has 0 aliphatic carbocycles. The topological polar surface area (TPSA) is 38.8 Å². The van der Waals surface area contributed by atoms with Gasteiger partial charge in [-0.15, -0.1) is 11.3 Å². The molecule has 0 aliphatic rings. The van der Waals surface area contributed by atoms with Gasteiger partial charge in [0.25, 0.3) is 5.91 Å². The van der Waals surface area contributed by atoms with Crippen LogP contribution in [0.3, 0.4) is 0 Å². The zero-order valence-electron chi connectivity index (χ0n) is 12.4. The quantitative estimate of drug-likeness (QED) is 0.714. The van der Waals surface area contributed by atoms with Crippen LogP contribution in [0, 0.1) is 0 Å². The molecule has 0 bridgehead atoms. The van der Waals surface area contributed by atoms with Crippen molar-refractivity contribution in [1.29, 1.82) is 0 Å². The van der Waals surface area contributed by atoms with E-state index in [1.165, 1.54) is 41.5 Å². The van der Waals surface area contributed by atoms with Gasteiger partial charge >= 0.3 is 6.61 Å². The van der Waals surface area contributed by atoms with Gasteiger partial charge in [-0.3, -0.25) is 4.79 Å². The van der Waals surface area contributed by atoms with Crippen molar-refractivity contribution in [2.45, 2.75) is 13.2 Å². The molecule has 23 heavy (non-hydrogen) atoms. The first-order valence-electron chi connectivity index (χ1n) is 6.53. The van der Waals surface area contributed by atoms with Crippen LogP contribution in [0.4, 0.5) is 8.78 Å². The smallest absolute Gasteiger partial charge is 0.387 e. The molecule has 8 heteroatoms. The molecule has 1 aromatic carbocycles. The predicted octanol–water partition coefficient (Wildman–Crippen LogP) is 4.39. The van der Waals surface area contributed by atoms with Crippen molar-refractivity contribution >= 4 is 33.2 Å². The normalized spacial score (nSPS) is 10.7. The Morgan fingerprint density at radius 2 is 2.04 bits per heavy atom. The van der Waals surface area contributed by atoms with Gasteiger partial charge < -0.3 is 14.4 Å². The third-order valence-electron chi connectivity index (χ3n) is 3.00. The van der Waals surface area contributed by atoms with Crippen molar-refractivity contribution in [2.24, 2.45) is 0 Å². The molecule has 2 aromatic rings. The minimum absolute atomic E-state index is 0.145. The summed E-state index contributed by atoms with van der Waals surface area (Å²) in [5, 5.41) is 0. The second kappa shape index (κ2) is 7.74. The first-order chi connectivity index (χ1) is 10.9. The third-order valence-corrected chi connectivity index (χ3v) is 4.60. The SMILES string of the molecule is COc1ccc(C(=O)N(C)Cc2ccc(Br)s2)cc1OC(F)F. The monoisotopic (exact) mass is 405 g/mol. The van der Waals surface area contributed by atoms with Crippen LogP contribution >= 0.6 is 27.3 Å². The third kappa shape index (κ3) is 4.65. The van der Waals surface area contributed by atoms with Gasteiger partial charge in [0.1, 0.15) is 0 Å². The minimum Gasteiger partial charge on any atom is -0.493 e. The molecule has 0 N–H and O–H groups in total. The summed E-state index contributed by atoms with van der Waals surface area (Å²) in [6.45, 7) is -2.57. The van der Waals surface area contributed by atoms with Crippen molar-refractivity contribution in [3.8, 4) is 11.5 Å². The fourth-order valence-corrected chi connectivity index (χ4v) is 3.50. The minimum atomic E-state index is -2.99. The summed E-state index contributed by atoms with van der Waals surface area (Å²) in [5.74, 6) is -0.316. The van der Waals surface area contributed by atoms with E-state index in [2.05, 4.69) is 20.7 Å². The number of halogens is 3. The molecule has 0 saturated carbocycles. The maximum Gasteiger partial charge on any atom is 0.387 e. The number of nitrogens with zero attached hydrogens (tertiary/aromatic N) is 1. The highest BCUT2D eigenvalue weighted by atomic mass is 79.9. The summed E-state index contributed by atoms with van der Waals surface area (Å²) in [6.07, 6.45) is 0. The maximum atomic E-state index is 12.4. The second-order valence-electron chi connectivity index (χ2n) is 4.61. The lowest BCUT2D eigenvalue weighted by molar-refractivity contribution is -0.0512. The molecule has 0 spiro atoms. The fourth-order valence-electron chi connectivity index (χ4n) is 1.96. The van der Waals surface area contributed by atoms with Crippen LogP contribution in [-0.2, 0) is 6.54 Å². The highest BCUT2D eigenvalue weighted by Crippen LogP contribution is 2.30. The summed E-state index contributed by atoms with van der Waals surface area (Å²) in [6, 6.07) is 8.02. The molecule has 0 unspecified atom stereocenters. The molecule has 1 amide bonds. The van der Waals surface area contributed by atoms with Gasteiger partial charge in [-0.1, -0.05) is 0 Å². The van der Waals surface area contributed by atoms with Gasteiger partial charge in [0.15, 0.2) is 11.5 Å². The van der Waals surface area contributed by atoms with E-state index >= 15 is 0 Å². The average molecular weight is 406 g/mol. The molecule has 2 rings (SSSR count). The molecule has 4 nitrogen and oxygen atoms in total. The van der Waals surface area contributed by atoms with E-state index in [9.17, 15) is 13.6 Å². The van der Waals surface area contributed by atoms with Gasteiger partial charge in [-0.25, -0.2) is 0 Å². The van der Waals surface area contributed by atoms with Crippen LogP contribution in [-0.4, -0.2) is 31.6 Å². The van der Waals surface area contributed by atoms with E-state index < -0.39 is 6.61 Å². The largest absolute Gasteiger partial charge is 0.493 e. The summed E-state index contributed by atoms with van der Waals surface area (Å²) in [4.78, 5) is 14.9. The number of carbonyl (C=O) groups is 1. The maximum absolute atomic E-state index is 12.4. The van der Waals surface area contributed by atoms with Crippen LogP contribution < -0.4 is 9.47 Å². The van der Waals surface area contributed by atoms with Gasteiger partial charge in [0, 0.05) is 17.5 Å². The van der Waals surface area contributed by atoms with E-state index in [0.29, 0.717) is 6.54 Å². The van der Waals surface area contributed by atoms with Crippen molar-refractivity contribution in [3.05, 3.63) is 44.6 Å². The molecule has 124 valence electrons. The Labute approximate surface area is 144 Å². The van der Waals surface area contributed by atoms with Gasteiger partial charge in [-0.2, -0.15) is 8.78 Å². The second-order valence-corrected chi connectivity index (χ2v) is 7.16. The Balaban J connectivity index is 2.17. The Morgan fingerprint density at radius 1 is 1.30 bits per heavy atom. The summed E-state index contributed by atoms with van der Waals surface area (Å²) in [5.41, 5.74) is 0.250. The van der Waals surface area contributed by atoms with E-state index in [1.807, 2.05) is 12.1 Å². The average Bonchev–Trinajstić information content (AvgIpc) is 2.90. The van der Waals surface area contributed by atoms with Gasteiger partial charge in [0.05, 0.1) is 17.4 Å². The Bertz CT molecular complexity index is 693. The Hall–Kier alpha value is -1.67. The van der Waals surface area contributed by atoms with Crippen molar-refractivity contribution < 1.29 is 23.0 Å². The zero-order valence-corrected chi connectivity index (χ0v) is 14.8. The van der Waals surface area contributed by atoms with Crippen LogP contribution in [0.15, 0.2) is 34.1 Å². The standard InChI is InChI=1S/C15H14BrF2NO3S/c1-19(8-10-4-6-13(16)23-10)14(20)9-3-5-11(21-2)12(7-9)22-15(17)18/h3-7,15H,8H2,1-2H3. The van der Waals surface area contributed by atoms with Gasteiger partial charge in [0.2, 0.25) is 0 Å². The highest BCUT2D eigenvalue weighted by Gasteiger charge is 2.17. The molecule has 0 fully saturated rings. The molecule has 1 heterocycles. The molecule has 0 radical (unpaired) electrons. The summed E-state index contributed by atoms with van der Waals surface area (Å²) in [7, 11) is 2.99. The van der Waals surface area contributed by atoms with Crippen molar-refractivity contribution in [3.63, 3.8) is 0 Å². The number of thiophene rings is 1. The van der Waals surface area contributed by atoms with Crippen LogP contribution in [0.5, 0.6) is 11.5 Å². The number of benzene rings is 1. The van der Waals surface area contributed by atoms with Crippen LogP contribution in [0.2, 0.25) is 0 Å². The Kier molecular flexibility index (Phi) is 5.95. The number of amides is 1. The van der Waals surface area contributed by atoms with E-state index in [4.69, 9.17) is 4.74 Å². The van der Waals surface area contributed by atoms with Gasteiger partial charge in [-0.05, 0) is 46.3 Å². The summed E-state index contributed by atoms with van der Waals surface area (Å²) < 4.78 is 35.2. The molecule has 0 saturated heterocycles. The lowest BCUT2D eigenvalue weighted by Crippen LogP contribution is -2.25. The van der Waals surface area contributed by atoms with Crippen molar-refractivity contribution in [2.75, 3.05) is 14.2 Å². The fraction of sp³-hybridized carbons (Fsp3) is 0.267. The van der Waals surface area contributed by atoms with Crippen LogP contribution in [0.1, 0.15) is 15.2 Å². The number of carbonyl (C=O) groups excluding carboxylic acids is 1. The van der Waals surface area contributed by atoms with E-state index in [0.717, 1.165) is 8.66 Å². The van der Waals surface area contributed by atoms with Crippen molar-refractivity contribution in [1.82, 2.24) is 4.90 Å². The Morgan fingerprint density at radius 3 is 2.61 bits per heavy atom. The lowest BCUT2D eigenvalue weighted by atomic mass is 10.1. The number of rotatable bonds is 6. The molecular formula is C15H14BrF2NO3S. The molecular weight excluding hydrogens is 392 g/mol. The first-order valence-corrected chi connectivity index (χ1v) is 8.14. The predicted molar refractivity (Wildman–Crippen MR) is 87.4 cm³/mol. The summed E-state index contributed by atoms with van der Waals surface area (Å²) >= 11 is 4.89. The lowest BCUT2D eigenvalue weighted by Gasteiger charge is -2.17. The first kappa shape index (κ1) is 17.7. The van der Waals surface area contributed by atoms with E-state index in [-0.39, 0.29) is 23.0 Å². The number of ether oxygens (including phenoxy) is 2. The highest BCUT2D eigenvalue weighted by molar-refractivity contribution is 9.11. The molecule has 0 atom stereocenters. The number of alkyl halides is 2.